The van der Waals surface area contributed by atoms with Gasteiger partial charge in [-0.15, -0.1) is 5.10 Å². The van der Waals surface area contributed by atoms with E-state index in [0.29, 0.717) is 0 Å². The summed E-state index contributed by atoms with van der Waals surface area (Å²) in [5.41, 5.74) is 0.845. The van der Waals surface area contributed by atoms with Crippen molar-refractivity contribution in [1.82, 2.24) is 25.1 Å². The van der Waals surface area contributed by atoms with Gasteiger partial charge in [-0.3, -0.25) is 0 Å². The van der Waals surface area contributed by atoms with E-state index < -0.39 is 0 Å². The van der Waals surface area contributed by atoms with Gasteiger partial charge in [0.1, 0.15) is 5.75 Å². The second kappa shape index (κ2) is 6.53. The van der Waals surface area contributed by atoms with Gasteiger partial charge in [0.15, 0.2) is 0 Å². The van der Waals surface area contributed by atoms with Crippen molar-refractivity contribution in [2.45, 2.75) is 11.6 Å². The molecule has 1 aromatic carbocycles. The number of nitrogens with zero attached hydrogens (tertiary/aromatic N) is 5. The lowest BCUT2D eigenvalue weighted by Gasteiger charge is -2.08. The molecule has 0 bridgehead atoms. The van der Waals surface area contributed by atoms with Crippen molar-refractivity contribution < 1.29 is 5.11 Å². The molecule has 0 aliphatic rings. The largest absolute Gasteiger partial charge is 0.508 e. The standard InChI is InChI=1S/C12H17N5OS/c1-16(2)8-3-9-19-12-13-14-15-17(12)10-4-6-11(18)7-5-10/h4-7,18H,3,8-9H2,1-2H3. The van der Waals surface area contributed by atoms with Crippen molar-refractivity contribution in [3.63, 3.8) is 0 Å². The van der Waals surface area contributed by atoms with Crippen molar-refractivity contribution >= 4 is 11.8 Å². The molecule has 0 spiro atoms. The summed E-state index contributed by atoms with van der Waals surface area (Å²) in [6, 6.07) is 6.82. The predicted octanol–water partition coefficient (Wildman–Crippen LogP) is 1.41. The molecule has 0 aliphatic heterocycles. The highest BCUT2D eigenvalue weighted by Crippen LogP contribution is 2.20. The van der Waals surface area contributed by atoms with Gasteiger partial charge in [-0.2, -0.15) is 4.68 Å². The van der Waals surface area contributed by atoms with Gasteiger partial charge in [0, 0.05) is 5.75 Å². The Bertz CT molecular complexity index is 511. The lowest BCUT2D eigenvalue weighted by Crippen LogP contribution is -2.13. The maximum atomic E-state index is 9.28. The van der Waals surface area contributed by atoms with E-state index in [-0.39, 0.29) is 5.75 Å². The normalized spacial score (nSPS) is 11.1. The minimum absolute atomic E-state index is 0.233. The lowest BCUT2D eigenvalue weighted by molar-refractivity contribution is 0.410. The van der Waals surface area contributed by atoms with E-state index in [1.807, 2.05) is 0 Å². The van der Waals surface area contributed by atoms with Crippen LogP contribution in [0, 0.1) is 0 Å². The van der Waals surface area contributed by atoms with Crippen LogP contribution >= 0.6 is 11.8 Å². The molecule has 0 saturated heterocycles. The average Bonchev–Trinajstić information content (AvgIpc) is 2.84. The lowest BCUT2D eigenvalue weighted by atomic mass is 10.3. The predicted molar refractivity (Wildman–Crippen MR) is 74.7 cm³/mol. The van der Waals surface area contributed by atoms with E-state index >= 15 is 0 Å². The molecule has 0 amide bonds. The summed E-state index contributed by atoms with van der Waals surface area (Å²) in [4.78, 5) is 2.16. The second-order valence-electron chi connectivity index (χ2n) is 4.39. The number of tetrazole rings is 1. The monoisotopic (exact) mass is 279 g/mol. The third kappa shape index (κ3) is 3.93. The zero-order chi connectivity index (χ0) is 13.7. The summed E-state index contributed by atoms with van der Waals surface area (Å²) in [6.45, 7) is 1.05. The molecule has 7 heteroatoms. The molecule has 0 atom stereocenters. The first-order chi connectivity index (χ1) is 9.16. The van der Waals surface area contributed by atoms with Crippen LogP contribution in [0.3, 0.4) is 0 Å². The van der Waals surface area contributed by atoms with Crippen molar-refractivity contribution in [1.29, 1.82) is 0 Å². The van der Waals surface area contributed by atoms with Crippen LogP contribution in [0.1, 0.15) is 6.42 Å². The average molecular weight is 279 g/mol. The summed E-state index contributed by atoms with van der Waals surface area (Å²) in [5.74, 6) is 1.20. The minimum atomic E-state index is 0.233. The molecular weight excluding hydrogens is 262 g/mol. The summed E-state index contributed by atoms with van der Waals surface area (Å²) in [5, 5.41) is 21.7. The fourth-order valence-corrected chi connectivity index (χ4v) is 2.38. The number of phenolic OH excluding ortho intramolecular Hbond substituents is 1. The van der Waals surface area contributed by atoms with Crippen molar-refractivity contribution in [3.8, 4) is 11.4 Å². The first kappa shape index (κ1) is 13.8. The first-order valence-electron chi connectivity index (χ1n) is 6.02. The minimum Gasteiger partial charge on any atom is -0.508 e. The van der Waals surface area contributed by atoms with Gasteiger partial charge in [-0.25, -0.2) is 0 Å². The van der Waals surface area contributed by atoms with Crippen molar-refractivity contribution in [2.24, 2.45) is 0 Å². The van der Waals surface area contributed by atoms with Crippen molar-refractivity contribution in [3.05, 3.63) is 24.3 Å². The molecule has 0 fully saturated rings. The maximum absolute atomic E-state index is 9.28. The molecular formula is C12H17N5OS. The molecule has 102 valence electrons. The number of benzene rings is 1. The van der Waals surface area contributed by atoms with Gasteiger partial charge in [-0.1, -0.05) is 11.8 Å². The molecule has 1 N–H and O–H groups in total. The number of aromatic hydroxyl groups is 1. The van der Waals surface area contributed by atoms with E-state index in [2.05, 4.69) is 34.5 Å². The van der Waals surface area contributed by atoms with E-state index in [1.165, 1.54) is 0 Å². The number of hydrogen-bond acceptors (Lipinski definition) is 6. The zero-order valence-electron chi connectivity index (χ0n) is 11.0. The topological polar surface area (TPSA) is 67.1 Å². The van der Waals surface area contributed by atoms with Gasteiger partial charge in [0.25, 0.3) is 0 Å². The molecule has 1 heterocycles. The summed E-state index contributed by atoms with van der Waals surface area (Å²) in [7, 11) is 4.12. The Labute approximate surface area is 116 Å². The highest BCUT2D eigenvalue weighted by Gasteiger charge is 2.08. The molecule has 0 unspecified atom stereocenters. The quantitative estimate of drug-likeness (QED) is 0.637. The Hall–Kier alpha value is -1.60. The molecule has 0 aliphatic carbocycles. The summed E-state index contributed by atoms with van der Waals surface area (Å²) < 4.78 is 1.68. The molecule has 1 aromatic heterocycles. The number of phenols is 1. The van der Waals surface area contributed by atoms with Gasteiger partial charge < -0.3 is 10.0 Å². The molecule has 19 heavy (non-hydrogen) atoms. The fraction of sp³-hybridized carbons (Fsp3) is 0.417. The molecule has 0 saturated carbocycles. The number of rotatable bonds is 6. The molecule has 6 nitrogen and oxygen atoms in total. The smallest absolute Gasteiger partial charge is 0.214 e. The highest BCUT2D eigenvalue weighted by atomic mass is 32.2. The zero-order valence-corrected chi connectivity index (χ0v) is 11.8. The van der Waals surface area contributed by atoms with E-state index in [9.17, 15) is 5.11 Å². The molecule has 2 aromatic rings. The number of aromatic nitrogens is 4. The van der Waals surface area contributed by atoms with Crippen molar-refractivity contribution in [2.75, 3.05) is 26.4 Å². The van der Waals surface area contributed by atoms with E-state index in [1.54, 1.807) is 40.7 Å². The molecule has 0 radical (unpaired) electrons. The first-order valence-corrected chi connectivity index (χ1v) is 7.00. The van der Waals surface area contributed by atoms with E-state index in [0.717, 1.165) is 29.6 Å². The van der Waals surface area contributed by atoms with Crippen LogP contribution in [-0.4, -0.2) is 56.6 Å². The van der Waals surface area contributed by atoms with Gasteiger partial charge >= 0.3 is 0 Å². The Morgan fingerprint density at radius 2 is 2.00 bits per heavy atom. The Kier molecular flexibility index (Phi) is 4.75. The van der Waals surface area contributed by atoms with Crippen LogP contribution in [0.25, 0.3) is 5.69 Å². The van der Waals surface area contributed by atoms with Gasteiger partial charge in [0.2, 0.25) is 5.16 Å². The molecule has 2 rings (SSSR count). The number of thioether (sulfide) groups is 1. The number of hydrogen-bond donors (Lipinski definition) is 1. The van der Waals surface area contributed by atoms with Crippen LogP contribution in [0.15, 0.2) is 29.4 Å². The van der Waals surface area contributed by atoms with Crippen LogP contribution in [0.2, 0.25) is 0 Å². The Morgan fingerprint density at radius 1 is 1.26 bits per heavy atom. The fourth-order valence-electron chi connectivity index (χ4n) is 1.57. The van der Waals surface area contributed by atoms with Gasteiger partial charge in [0.05, 0.1) is 5.69 Å². The second-order valence-corrected chi connectivity index (χ2v) is 5.46. The van der Waals surface area contributed by atoms with Gasteiger partial charge in [-0.05, 0) is 61.8 Å². The van der Waals surface area contributed by atoms with E-state index in [4.69, 9.17) is 0 Å². The van der Waals surface area contributed by atoms with Crippen LogP contribution in [0.5, 0.6) is 5.75 Å². The maximum Gasteiger partial charge on any atom is 0.214 e. The van der Waals surface area contributed by atoms with Crippen LogP contribution in [-0.2, 0) is 0 Å². The Morgan fingerprint density at radius 3 is 2.68 bits per heavy atom. The third-order valence-electron chi connectivity index (χ3n) is 2.52. The highest BCUT2D eigenvalue weighted by molar-refractivity contribution is 7.99. The SMILES string of the molecule is CN(C)CCCSc1nnnn1-c1ccc(O)cc1. The van der Waals surface area contributed by atoms with Crippen LogP contribution < -0.4 is 0 Å². The Balaban J connectivity index is 1.99. The van der Waals surface area contributed by atoms with Crippen LogP contribution in [0.4, 0.5) is 0 Å². The third-order valence-corrected chi connectivity index (χ3v) is 3.52. The summed E-state index contributed by atoms with van der Waals surface area (Å²) in [6.07, 6.45) is 1.08. The summed E-state index contributed by atoms with van der Waals surface area (Å²) >= 11 is 1.63.